The molecule has 3 nitrogen and oxygen atoms in total. The van der Waals surface area contributed by atoms with E-state index in [9.17, 15) is 9.50 Å². The molecule has 18 heavy (non-hydrogen) atoms. The van der Waals surface area contributed by atoms with Crippen LogP contribution < -0.4 is 5.32 Å². The lowest BCUT2D eigenvalue weighted by atomic mass is 10.1. The van der Waals surface area contributed by atoms with E-state index in [0.29, 0.717) is 23.4 Å². The van der Waals surface area contributed by atoms with Crippen LogP contribution in [0.2, 0.25) is 0 Å². The van der Waals surface area contributed by atoms with Crippen LogP contribution in [0.25, 0.3) is 0 Å². The Balaban J connectivity index is 2.07. The van der Waals surface area contributed by atoms with Crippen LogP contribution >= 0.6 is 0 Å². The Morgan fingerprint density at radius 2 is 1.83 bits per heavy atom. The first-order valence-corrected chi connectivity index (χ1v) is 5.60. The van der Waals surface area contributed by atoms with E-state index in [4.69, 9.17) is 5.11 Å². The number of benzene rings is 2. The molecule has 0 fully saturated rings. The van der Waals surface area contributed by atoms with Crippen LogP contribution in [0.4, 0.5) is 10.1 Å². The van der Waals surface area contributed by atoms with Gasteiger partial charge in [0.1, 0.15) is 11.6 Å². The summed E-state index contributed by atoms with van der Waals surface area (Å²) in [4.78, 5) is 0. The number of phenols is 1. The molecule has 0 aromatic heterocycles. The summed E-state index contributed by atoms with van der Waals surface area (Å²) in [7, 11) is 0. The average molecular weight is 247 g/mol. The van der Waals surface area contributed by atoms with Crippen LogP contribution in [-0.2, 0) is 13.2 Å². The fourth-order valence-electron chi connectivity index (χ4n) is 1.65. The molecule has 94 valence electrons. The second-order valence-electron chi connectivity index (χ2n) is 3.95. The SMILES string of the molecule is OCc1ccc(NCc2ccccc2F)cc1O. The Morgan fingerprint density at radius 1 is 1.06 bits per heavy atom. The molecule has 2 aromatic carbocycles. The molecule has 0 aliphatic rings. The fraction of sp³-hybridized carbons (Fsp3) is 0.143. The molecule has 0 bridgehead atoms. The summed E-state index contributed by atoms with van der Waals surface area (Å²) in [6, 6.07) is 11.4. The van der Waals surface area contributed by atoms with Gasteiger partial charge in [-0.05, 0) is 12.1 Å². The molecule has 3 N–H and O–H groups in total. The molecule has 0 aliphatic carbocycles. The molecule has 0 unspecified atom stereocenters. The standard InChI is InChI=1S/C14H14FNO2/c15-13-4-2-1-3-10(13)8-16-12-6-5-11(9-17)14(18)7-12/h1-7,16-18H,8-9H2. The maximum atomic E-state index is 13.4. The van der Waals surface area contributed by atoms with Gasteiger partial charge in [-0.2, -0.15) is 0 Å². The largest absolute Gasteiger partial charge is 0.508 e. The van der Waals surface area contributed by atoms with Crippen molar-refractivity contribution in [1.82, 2.24) is 0 Å². The molecule has 0 heterocycles. The zero-order chi connectivity index (χ0) is 13.0. The first-order chi connectivity index (χ1) is 8.70. The Bertz CT molecular complexity index is 543. The molecule has 0 saturated carbocycles. The topological polar surface area (TPSA) is 52.5 Å². The van der Waals surface area contributed by atoms with Gasteiger partial charge in [-0.15, -0.1) is 0 Å². The van der Waals surface area contributed by atoms with E-state index in [1.807, 2.05) is 0 Å². The monoisotopic (exact) mass is 247 g/mol. The van der Waals surface area contributed by atoms with E-state index >= 15 is 0 Å². The first-order valence-electron chi connectivity index (χ1n) is 5.60. The van der Waals surface area contributed by atoms with Crippen molar-refractivity contribution in [3.63, 3.8) is 0 Å². The molecular weight excluding hydrogens is 233 g/mol. The van der Waals surface area contributed by atoms with Gasteiger partial charge >= 0.3 is 0 Å². The molecule has 0 radical (unpaired) electrons. The lowest BCUT2D eigenvalue weighted by Gasteiger charge is -2.09. The minimum absolute atomic E-state index is 0.0241. The number of rotatable bonds is 4. The zero-order valence-electron chi connectivity index (χ0n) is 9.73. The number of hydrogen-bond acceptors (Lipinski definition) is 3. The summed E-state index contributed by atoms with van der Waals surface area (Å²) in [6.45, 7) is 0.129. The van der Waals surface area contributed by atoms with Crippen LogP contribution in [0.3, 0.4) is 0 Å². The van der Waals surface area contributed by atoms with Gasteiger partial charge in [-0.3, -0.25) is 0 Å². The molecule has 0 amide bonds. The van der Waals surface area contributed by atoms with Crippen molar-refractivity contribution in [1.29, 1.82) is 0 Å². The predicted molar refractivity (Wildman–Crippen MR) is 67.8 cm³/mol. The van der Waals surface area contributed by atoms with Gasteiger partial charge in [0.25, 0.3) is 0 Å². The summed E-state index contributed by atoms with van der Waals surface area (Å²) < 4.78 is 13.4. The second-order valence-corrected chi connectivity index (χ2v) is 3.95. The third-order valence-electron chi connectivity index (χ3n) is 2.70. The summed E-state index contributed by atoms with van der Waals surface area (Å²) in [5.41, 5.74) is 1.70. The molecule has 2 aromatic rings. The number of nitrogens with one attached hydrogen (secondary N) is 1. The maximum Gasteiger partial charge on any atom is 0.128 e. The number of aliphatic hydroxyl groups is 1. The van der Waals surface area contributed by atoms with Crippen molar-refractivity contribution < 1.29 is 14.6 Å². The highest BCUT2D eigenvalue weighted by Gasteiger charge is 2.03. The summed E-state index contributed by atoms with van der Waals surface area (Å²) in [5, 5.41) is 21.5. The maximum absolute atomic E-state index is 13.4. The summed E-state index contributed by atoms with van der Waals surface area (Å²) >= 11 is 0. The highest BCUT2D eigenvalue weighted by molar-refractivity contribution is 5.51. The third-order valence-corrected chi connectivity index (χ3v) is 2.70. The van der Waals surface area contributed by atoms with Crippen LogP contribution in [0.1, 0.15) is 11.1 Å². The van der Waals surface area contributed by atoms with Gasteiger partial charge in [0.05, 0.1) is 6.61 Å². The van der Waals surface area contributed by atoms with Crippen molar-refractivity contribution in [3.8, 4) is 5.75 Å². The van der Waals surface area contributed by atoms with E-state index in [1.165, 1.54) is 12.1 Å². The fourth-order valence-corrected chi connectivity index (χ4v) is 1.65. The van der Waals surface area contributed by atoms with E-state index in [1.54, 1.807) is 30.3 Å². The molecule has 4 heteroatoms. The number of anilines is 1. The van der Waals surface area contributed by atoms with E-state index < -0.39 is 0 Å². The number of hydrogen-bond donors (Lipinski definition) is 3. The highest BCUT2D eigenvalue weighted by atomic mass is 19.1. The zero-order valence-corrected chi connectivity index (χ0v) is 9.73. The van der Waals surface area contributed by atoms with Gasteiger partial charge in [0.15, 0.2) is 0 Å². The summed E-state index contributed by atoms with van der Waals surface area (Å²) in [5.74, 6) is -0.239. The van der Waals surface area contributed by atoms with Crippen molar-refractivity contribution in [2.24, 2.45) is 0 Å². The van der Waals surface area contributed by atoms with Crippen molar-refractivity contribution in [2.45, 2.75) is 13.2 Å². The molecule has 0 saturated heterocycles. The normalized spacial score (nSPS) is 10.3. The van der Waals surface area contributed by atoms with Gasteiger partial charge in [-0.1, -0.05) is 24.3 Å². The van der Waals surface area contributed by atoms with Gasteiger partial charge < -0.3 is 15.5 Å². The van der Waals surface area contributed by atoms with Gasteiger partial charge in [0.2, 0.25) is 0 Å². The van der Waals surface area contributed by atoms with Crippen molar-refractivity contribution in [2.75, 3.05) is 5.32 Å². The molecule has 0 spiro atoms. The minimum Gasteiger partial charge on any atom is -0.508 e. The number of aliphatic hydroxyl groups excluding tert-OH is 1. The smallest absolute Gasteiger partial charge is 0.128 e. The highest BCUT2D eigenvalue weighted by Crippen LogP contribution is 2.22. The van der Waals surface area contributed by atoms with Crippen LogP contribution in [0, 0.1) is 5.82 Å². The molecule has 0 atom stereocenters. The number of aromatic hydroxyl groups is 1. The Labute approximate surface area is 105 Å². The minimum atomic E-state index is -0.263. The lowest BCUT2D eigenvalue weighted by Crippen LogP contribution is -2.01. The quantitative estimate of drug-likeness (QED) is 0.778. The average Bonchev–Trinajstić information content (AvgIpc) is 2.38. The van der Waals surface area contributed by atoms with E-state index in [-0.39, 0.29) is 18.2 Å². The lowest BCUT2D eigenvalue weighted by molar-refractivity contribution is 0.275. The number of halogens is 1. The summed E-state index contributed by atoms with van der Waals surface area (Å²) in [6.07, 6.45) is 0. The van der Waals surface area contributed by atoms with E-state index in [2.05, 4.69) is 5.32 Å². The first kappa shape index (κ1) is 12.4. The molecular formula is C14H14FNO2. The van der Waals surface area contributed by atoms with Crippen molar-refractivity contribution in [3.05, 3.63) is 59.4 Å². The molecule has 2 rings (SSSR count). The van der Waals surface area contributed by atoms with Crippen LogP contribution in [-0.4, -0.2) is 10.2 Å². The predicted octanol–water partition coefficient (Wildman–Crippen LogP) is 2.64. The Kier molecular flexibility index (Phi) is 3.79. The Hall–Kier alpha value is -2.07. The molecule has 0 aliphatic heterocycles. The van der Waals surface area contributed by atoms with E-state index in [0.717, 1.165) is 0 Å². The van der Waals surface area contributed by atoms with Gasteiger partial charge in [0, 0.05) is 29.4 Å². The van der Waals surface area contributed by atoms with Gasteiger partial charge in [-0.25, -0.2) is 4.39 Å². The Morgan fingerprint density at radius 3 is 2.50 bits per heavy atom. The second kappa shape index (κ2) is 5.51. The third kappa shape index (κ3) is 2.78. The van der Waals surface area contributed by atoms with Crippen LogP contribution in [0.5, 0.6) is 5.75 Å². The van der Waals surface area contributed by atoms with Crippen molar-refractivity contribution >= 4 is 5.69 Å². The van der Waals surface area contributed by atoms with Crippen LogP contribution in [0.15, 0.2) is 42.5 Å².